The molecule has 24 heavy (non-hydrogen) atoms. The first-order valence-corrected chi connectivity index (χ1v) is 8.69. The number of carbonyl (C=O) groups is 1. The highest BCUT2D eigenvalue weighted by atomic mass is 16.6. The molecule has 1 aliphatic heterocycles. The molecule has 1 aromatic rings. The van der Waals surface area contributed by atoms with Crippen molar-refractivity contribution in [2.45, 2.75) is 65.5 Å². The zero-order valence-electron chi connectivity index (χ0n) is 15.8. The minimum absolute atomic E-state index is 0.128. The first kappa shape index (κ1) is 18.5. The number of hydrogen-bond acceptors (Lipinski definition) is 5. The van der Waals surface area contributed by atoms with Crippen molar-refractivity contribution in [1.82, 2.24) is 14.9 Å². The number of aryl methyl sites for hydroxylation is 2. The first-order valence-electron chi connectivity index (χ1n) is 8.69. The van der Waals surface area contributed by atoms with Crippen LogP contribution in [0.4, 0.5) is 10.7 Å². The number of piperidine rings is 1. The number of ether oxygens (including phenoxy) is 1. The first-order chi connectivity index (χ1) is 11.2. The minimum Gasteiger partial charge on any atom is -0.444 e. The summed E-state index contributed by atoms with van der Waals surface area (Å²) in [5, 5.41) is 0. The molecular weight excluding hydrogens is 304 g/mol. The molecule has 1 aromatic heterocycles. The van der Waals surface area contributed by atoms with E-state index in [1.807, 2.05) is 57.5 Å². The Balaban J connectivity index is 2.08. The van der Waals surface area contributed by atoms with Crippen LogP contribution in [-0.2, 0) is 4.74 Å². The predicted molar refractivity (Wildman–Crippen MR) is 95.4 cm³/mol. The second-order valence-electron chi connectivity index (χ2n) is 7.65. The van der Waals surface area contributed by atoms with Crippen LogP contribution in [0, 0.1) is 13.8 Å². The van der Waals surface area contributed by atoms with Crippen molar-refractivity contribution in [2.75, 3.05) is 25.0 Å². The minimum atomic E-state index is -0.470. The number of rotatable bonds is 3. The number of anilines is 1. The number of nitrogens with zero attached hydrogens (tertiary/aromatic N) is 4. The molecule has 6 nitrogen and oxygen atoms in total. The molecule has 0 saturated carbocycles. The zero-order chi connectivity index (χ0) is 17.9. The fourth-order valence-corrected chi connectivity index (χ4v) is 3.03. The van der Waals surface area contributed by atoms with Crippen LogP contribution in [0.25, 0.3) is 0 Å². The summed E-state index contributed by atoms with van der Waals surface area (Å²) in [5.74, 6) is 0.710. The van der Waals surface area contributed by atoms with Gasteiger partial charge in [-0.05, 0) is 59.9 Å². The predicted octanol–water partition coefficient (Wildman–Crippen LogP) is 3.32. The Hall–Kier alpha value is -1.85. The lowest BCUT2D eigenvalue weighted by atomic mass is 10.0. The van der Waals surface area contributed by atoms with Gasteiger partial charge in [0, 0.05) is 31.5 Å². The van der Waals surface area contributed by atoms with E-state index in [0.29, 0.717) is 12.5 Å². The Morgan fingerprint density at radius 3 is 2.50 bits per heavy atom. The maximum atomic E-state index is 12.5. The SMILES string of the molecule is Cc1cc(C)nc(N(C)C[C@H]2CCCCN2C(=O)OC(C)(C)C)n1. The van der Waals surface area contributed by atoms with Gasteiger partial charge in [0.2, 0.25) is 5.95 Å². The van der Waals surface area contributed by atoms with Crippen LogP contribution in [0.3, 0.4) is 0 Å². The molecule has 0 radical (unpaired) electrons. The maximum Gasteiger partial charge on any atom is 0.410 e. The molecule has 2 rings (SSSR count). The highest BCUT2D eigenvalue weighted by Crippen LogP contribution is 2.22. The van der Waals surface area contributed by atoms with Gasteiger partial charge < -0.3 is 14.5 Å². The monoisotopic (exact) mass is 334 g/mol. The number of likely N-dealkylation sites (N-methyl/N-ethyl adjacent to an activating group) is 1. The second-order valence-corrected chi connectivity index (χ2v) is 7.65. The van der Waals surface area contributed by atoms with E-state index < -0.39 is 5.60 Å². The lowest BCUT2D eigenvalue weighted by molar-refractivity contribution is 0.0108. The molecule has 0 aliphatic carbocycles. The van der Waals surface area contributed by atoms with E-state index in [9.17, 15) is 4.79 Å². The van der Waals surface area contributed by atoms with Gasteiger partial charge in [-0.15, -0.1) is 0 Å². The van der Waals surface area contributed by atoms with Gasteiger partial charge in [0.15, 0.2) is 0 Å². The standard InChI is InChI=1S/C18H30N4O2/c1-13-11-14(2)20-16(19-13)21(6)12-15-9-7-8-10-22(15)17(23)24-18(3,4)5/h11,15H,7-10,12H2,1-6H3/t15-/m1/s1. The van der Waals surface area contributed by atoms with Crippen LogP contribution in [0.15, 0.2) is 6.07 Å². The lowest BCUT2D eigenvalue weighted by Gasteiger charge is -2.38. The molecule has 1 aliphatic rings. The molecular formula is C18H30N4O2. The second kappa shape index (κ2) is 7.36. The Bertz CT molecular complexity index is 563. The molecule has 2 heterocycles. The topological polar surface area (TPSA) is 58.6 Å². The molecule has 0 aromatic carbocycles. The van der Waals surface area contributed by atoms with E-state index in [1.165, 1.54) is 0 Å². The number of amides is 1. The molecule has 1 atom stereocenters. The number of likely N-dealkylation sites (tertiary alicyclic amines) is 1. The van der Waals surface area contributed by atoms with Crippen molar-refractivity contribution in [2.24, 2.45) is 0 Å². The number of aromatic nitrogens is 2. The molecule has 1 fully saturated rings. The summed E-state index contributed by atoms with van der Waals surface area (Å²) in [4.78, 5) is 25.4. The fraction of sp³-hybridized carbons (Fsp3) is 0.722. The molecule has 0 spiro atoms. The van der Waals surface area contributed by atoms with Crippen LogP contribution >= 0.6 is 0 Å². The Morgan fingerprint density at radius 2 is 1.92 bits per heavy atom. The fourth-order valence-electron chi connectivity index (χ4n) is 3.03. The van der Waals surface area contributed by atoms with Crippen LogP contribution < -0.4 is 4.90 Å². The summed E-state index contributed by atoms with van der Waals surface area (Å²) >= 11 is 0. The van der Waals surface area contributed by atoms with Crippen LogP contribution in [0.1, 0.15) is 51.4 Å². The van der Waals surface area contributed by atoms with E-state index >= 15 is 0 Å². The van der Waals surface area contributed by atoms with Gasteiger partial charge in [0.25, 0.3) is 0 Å². The Kier molecular flexibility index (Phi) is 5.67. The van der Waals surface area contributed by atoms with Gasteiger partial charge in [-0.1, -0.05) is 0 Å². The van der Waals surface area contributed by atoms with E-state index in [0.717, 1.165) is 37.2 Å². The van der Waals surface area contributed by atoms with Gasteiger partial charge in [-0.3, -0.25) is 0 Å². The van der Waals surface area contributed by atoms with E-state index in [1.54, 1.807) is 0 Å². The van der Waals surface area contributed by atoms with Gasteiger partial charge in [0.1, 0.15) is 5.60 Å². The molecule has 0 N–H and O–H groups in total. The molecule has 0 unspecified atom stereocenters. The summed E-state index contributed by atoms with van der Waals surface area (Å²) < 4.78 is 5.57. The van der Waals surface area contributed by atoms with Crippen LogP contribution in [-0.4, -0.2) is 52.7 Å². The van der Waals surface area contributed by atoms with E-state index in [4.69, 9.17) is 4.74 Å². The smallest absolute Gasteiger partial charge is 0.410 e. The summed E-state index contributed by atoms with van der Waals surface area (Å²) in [6.07, 6.45) is 2.92. The molecule has 6 heteroatoms. The quantitative estimate of drug-likeness (QED) is 0.848. The third-order valence-corrected chi connectivity index (χ3v) is 4.05. The van der Waals surface area contributed by atoms with Gasteiger partial charge in [-0.25, -0.2) is 14.8 Å². The highest BCUT2D eigenvalue weighted by Gasteiger charge is 2.31. The maximum absolute atomic E-state index is 12.5. The Labute approximate surface area is 145 Å². The average Bonchev–Trinajstić information content (AvgIpc) is 2.44. The molecule has 1 amide bonds. The molecule has 134 valence electrons. The van der Waals surface area contributed by atoms with Crippen molar-refractivity contribution in [3.8, 4) is 0 Å². The number of hydrogen-bond donors (Lipinski definition) is 0. The molecule has 0 bridgehead atoms. The van der Waals surface area contributed by atoms with Crippen molar-refractivity contribution in [3.05, 3.63) is 17.5 Å². The van der Waals surface area contributed by atoms with E-state index in [2.05, 4.69) is 9.97 Å². The summed E-state index contributed by atoms with van der Waals surface area (Å²) in [5.41, 5.74) is 1.44. The largest absolute Gasteiger partial charge is 0.444 e. The van der Waals surface area contributed by atoms with Crippen molar-refractivity contribution in [1.29, 1.82) is 0 Å². The summed E-state index contributed by atoms with van der Waals surface area (Å²) in [7, 11) is 1.98. The average molecular weight is 334 g/mol. The van der Waals surface area contributed by atoms with Crippen molar-refractivity contribution >= 4 is 12.0 Å². The normalized spacial score (nSPS) is 18.4. The van der Waals surface area contributed by atoms with Gasteiger partial charge >= 0.3 is 6.09 Å². The third-order valence-electron chi connectivity index (χ3n) is 4.05. The third kappa shape index (κ3) is 5.08. The lowest BCUT2D eigenvalue weighted by Crippen LogP contribution is -2.50. The summed E-state index contributed by atoms with van der Waals surface area (Å²) in [6, 6.07) is 2.09. The summed E-state index contributed by atoms with van der Waals surface area (Å²) in [6.45, 7) is 11.1. The van der Waals surface area contributed by atoms with E-state index in [-0.39, 0.29) is 12.1 Å². The zero-order valence-corrected chi connectivity index (χ0v) is 15.8. The highest BCUT2D eigenvalue weighted by molar-refractivity contribution is 5.68. The van der Waals surface area contributed by atoms with Gasteiger partial charge in [-0.2, -0.15) is 0 Å². The van der Waals surface area contributed by atoms with Crippen LogP contribution in [0.5, 0.6) is 0 Å². The molecule has 1 saturated heterocycles. The van der Waals surface area contributed by atoms with Crippen molar-refractivity contribution < 1.29 is 9.53 Å². The van der Waals surface area contributed by atoms with Gasteiger partial charge in [0.05, 0.1) is 6.04 Å². The van der Waals surface area contributed by atoms with Crippen molar-refractivity contribution in [3.63, 3.8) is 0 Å². The van der Waals surface area contributed by atoms with Crippen LogP contribution in [0.2, 0.25) is 0 Å². The Morgan fingerprint density at radius 1 is 1.29 bits per heavy atom. The number of carbonyl (C=O) groups excluding carboxylic acids is 1.